The Morgan fingerprint density at radius 2 is 2.00 bits per heavy atom. The summed E-state index contributed by atoms with van der Waals surface area (Å²) in [4.78, 5) is 26.2. The third-order valence-electron chi connectivity index (χ3n) is 3.71. The van der Waals surface area contributed by atoms with E-state index >= 15 is 0 Å². The molecule has 142 valence electrons. The molecule has 2 aliphatic rings. The Morgan fingerprint density at radius 1 is 1.40 bits per heavy atom. The molecule has 0 aromatic carbocycles. The fraction of sp³-hybridized carbons (Fsp3) is 0.692. The monoisotopic (exact) mass is 434 g/mol. The molecule has 25 heavy (non-hydrogen) atoms. The minimum absolute atomic E-state index is 0.0465. The van der Waals surface area contributed by atoms with Crippen LogP contribution in [0.5, 0.6) is 0 Å². The summed E-state index contributed by atoms with van der Waals surface area (Å²) < 4.78 is 18.8. The first-order chi connectivity index (χ1) is 11.6. The summed E-state index contributed by atoms with van der Waals surface area (Å²) in [6, 6.07) is 0. The molecule has 2 atom stereocenters. The number of halogens is 3. The van der Waals surface area contributed by atoms with Crippen molar-refractivity contribution < 1.29 is 28.5 Å². The molecule has 1 saturated heterocycles. The number of carbonyl (C=O) groups is 2. The van der Waals surface area contributed by atoms with Gasteiger partial charge in [0.25, 0.3) is 5.91 Å². The molecule has 2 aliphatic heterocycles. The summed E-state index contributed by atoms with van der Waals surface area (Å²) in [5.41, 5.74) is 4.80. The minimum atomic E-state index is -1.79. The van der Waals surface area contributed by atoms with Gasteiger partial charge in [-0.15, -0.1) is 11.8 Å². The van der Waals surface area contributed by atoms with Crippen molar-refractivity contribution in [3.05, 3.63) is 11.3 Å². The van der Waals surface area contributed by atoms with E-state index in [9.17, 15) is 9.59 Å². The lowest BCUT2D eigenvalue weighted by Gasteiger charge is -2.54. The van der Waals surface area contributed by atoms with E-state index in [0.29, 0.717) is 11.3 Å². The number of hydrogen-bond donors (Lipinski definition) is 1. The predicted molar refractivity (Wildman–Crippen MR) is 93.1 cm³/mol. The summed E-state index contributed by atoms with van der Waals surface area (Å²) in [6.07, 6.45) is -0.855. The largest absolute Gasteiger partial charge is 0.456 e. The van der Waals surface area contributed by atoms with Gasteiger partial charge in [-0.05, 0) is 0 Å². The Balaban J connectivity index is 2.38. The summed E-state index contributed by atoms with van der Waals surface area (Å²) in [6.45, 7) is -0.490. The van der Waals surface area contributed by atoms with E-state index in [-0.39, 0.29) is 5.70 Å². The second-order valence-corrected chi connectivity index (χ2v) is 8.79. The fourth-order valence-corrected chi connectivity index (χ4v) is 4.10. The topological polar surface area (TPSA) is 100 Å². The molecular formula is C13H17Cl3N2O6S. The smallest absolute Gasteiger partial charge is 0.355 e. The molecular weight excluding hydrogens is 419 g/mol. The van der Waals surface area contributed by atoms with Gasteiger partial charge in [0, 0.05) is 32.7 Å². The second kappa shape index (κ2) is 7.77. The van der Waals surface area contributed by atoms with E-state index < -0.39 is 39.7 Å². The van der Waals surface area contributed by atoms with Crippen LogP contribution in [0.2, 0.25) is 0 Å². The van der Waals surface area contributed by atoms with E-state index in [1.807, 2.05) is 0 Å². The van der Waals surface area contributed by atoms with Crippen molar-refractivity contribution in [2.45, 2.75) is 21.2 Å². The number of β-lactam (4-membered cyclic amide) rings is 1. The maximum absolute atomic E-state index is 12.6. The molecule has 0 radical (unpaired) electrons. The Hall–Kier alpha value is -0.260. The molecule has 0 aromatic heterocycles. The number of carbonyl (C=O) groups excluding carboxylic acids is 2. The van der Waals surface area contributed by atoms with Crippen LogP contribution in [-0.4, -0.2) is 71.6 Å². The van der Waals surface area contributed by atoms with Crippen LogP contribution in [0.1, 0.15) is 0 Å². The molecule has 2 N–H and O–H groups in total. The Labute approximate surface area is 163 Å². The number of nitrogens with two attached hydrogens (primary N) is 1. The van der Waals surface area contributed by atoms with Gasteiger partial charge < -0.3 is 18.9 Å². The molecule has 0 aliphatic carbocycles. The van der Waals surface area contributed by atoms with Crippen LogP contribution in [0.3, 0.4) is 0 Å². The van der Waals surface area contributed by atoms with Crippen molar-refractivity contribution >= 4 is 58.4 Å². The predicted octanol–water partition coefficient (Wildman–Crippen LogP) is 0.989. The lowest BCUT2D eigenvalue weighted by molar-refractivity contribution is -0.184. The number of methoxy groups -OCH3 is 3. The number of rotatable bonds is 6. The second-order valence-electron chi connectivity index (χ2n) is 5.20. The quantitative estimate of drug-likeness (QED) is 0.285. The molecule has 12 heteroatoms. The van der Waals surface area contributed by atoms with E-state index in [1.165, 1.54) is 38.0 Å². The van der Waals surface area contributed by atoms with Crippen molar-refractivity contribution in [1.82, 2.24) is 4.90 Å². The number of alkyl halides is 3. The van der Waals surface area contributed by atoms with Gasteiger partial charge in [0.1, 0.15) is 17.7 Å². The Morgan fingerprint density at radius 3 is 2.48 bits per heavy atom. The molecule has 1 amide bonds. The van der Waals surface area contributed by atoms with Crippen LogP contribution in [0.4, 0.5) is 0 Å². The van der Waals surface area contributed by atoms with Gasteiger partial charge in [0.2, 0.25) is 9.52 Å². The highest BCUT2D eigenvalue weighted by molar-refractivity contribution is 8.00. The number of esters is 1. The highest BCUT2D eigenvalue weighted by Crippen LogP contribution is 2.46. The van der Waals surface area contributed by atoms with E-state index in [1.54, 1.807) is 0 Å². The number of hydrogen-bond acceptors (Lipinski definition) is 8. The van der Waals surface area contributed by atoms with Crippen molar-refractivity contribution in [3.8, 4) is 0 Å². The molecule has 0 aromatic rings. The summed E-state index contributed by atoms with van der Waals surface area (Å²) in [7, 11) is 4.13. The molecule has 8 nitrogen and oxygen atoms in total. The molecule has 1 fully saturated rings. The zero-order chi connectivity index (χ0) is 19.0. The zero-order valence-corrected chi connectivity index (χ0v) is 16.7. The summed E-state index contributed by atoms with van der Waals surface area (Å²) >= 11 is 18.1. The normalized spacial score (nSPS) is 26.6. The summed E-state index contributed by atoms with van der Waals surface area (Å²) in [5, 5.41) is -0.599. The Kier molecular flexibility index (Phi) is 6.54. The van der Waals surface area contributed by atoms with Crippen LogP contribution in [0.15, 0.2) is 11.3 Å². The molecule has 0 saturated carbocycles. The first kappa shape index (κ1) is 21.0. The number of amides is 1. The molecule has 2 heterocycles. The number of ether oxygens (including phenoxy) is 4. The van der Waals surface area contributed by atoms with Crippen molar-refractivity contribution in [2.24, 2.45) is 5.73 Å². The van der Waals surface area contributed by atoms with E-state index in [2.05, 4.69) is 0 Å². The van der Waals surface area contributed by atoms with Gasteiger partial charge in [0.15, 0.2) is 6.29 Å². The van der Waals surface area contributed by atoms with Gasteiger partial charge in [0.05, 0.1) is 0 Å². The third-order valence-corrected chi connectivity index (χ3v) is 5.39. The van der Waals surface area contributed by atoms with Gasteiger partial charge in [-0.2, -0.15) is 0 Å². The average Bonchev–Trinajstić information content (AvgIpc) is 2.58. The molecule has 0 spiro atoms. The molecule has 0 bridgehead atoms. The number of nitrogens with zero attached hydrogens (tertiary/aromatic N) is 1. The maximum Gasteiger partial charge on any atom is 0.355 e. The molecule has 2 rings (SSSR count). The Bertz CT molecular complexity index is 595. The van der Waals surface area contributed by atoms with E-state index in [4.69, 9.17) is 59.5 Å². The number of fused-ring (bicyclic) bond motifs is 1. The minimum Gasteiger partial charge on any atom is -0.456 e. The SMILES string of the molecule is COC(OC)C1=C(C(=O)OCC(Cl)(Cl)Cl)N2C(=O)[C@](N)(OC)[C@@H]2SC1. The third kappa shape index (κ3) is 3.89. The highest BCUT2D eigenvalue weighted by atomic mass is 35.6. The van der Waals surface area contributed by atoms with Crippen molar-refractivity contribution in [2.75, 3.05) is 33.7 Å². The van der Waals surface area contributed by atoms with Crippen LogP contribution in [-0.2, 0) is 28.5 Å². The highest BCUT2D eigenvalue weighted by Gasteiger charge is 2.64. The number of thioether (sulfide) groups is 1. The van der Waals surface area contributed by atoms with Crippen LogP contribution >= 0.6 is 46.6 Å². The van der Waals surface area contributed by atoms with Gasteiger partial charge in [-0.1, -0.05) is 34.8 Å². The lowest BCUT2D eigenvalue weighted by Crippen LogP contribution is -2.79. The first-order valence-corrected chi connectivity index (χ1v) is 9.10. The lowest BCUT2D eigenvalue weighted by atomic mass is 9.99. The first-order valence-electron chi connectivity index (χ1n) is 6.92. The zero-order valence-electron chi connectivity index (χ0n) is 13.6. The van der Waals surface area contributed by atoms with Gasteiger partial charge in [-0.25, -0.2) is 4.79 Å². The van der Waals surface area contributed by atoms with Crippen molar-refractivity contribution in [1.29, 1.82) is 0 Å². The summed E-state index contributed by atoms with van der Waals surface area (Å²) in [5.74, 6) is -1.13. The van der Waals surface area contributed by atoms with Gasteiger partial charge >= 0.3 is 5.97 Å². The fourth-order valence-electron chi connectivity index (χ4n) is 2.53. The average molecular weight is 436 g/mol. The van der Waals surface area contributed by atoms with Crippen molar-refractivity contribution in [3.63, 3.8) is 0 Å². The van der Waals surface area contributed by atoms with Crippen LogP contribution in [0.25, 0.3) is 0 Å². The van der Waals surface area contributed by atoms with E-state index in [0.717, 1.165) is 0 Å². The molecule has 0 unspecified atom stereocenters. The van der Waals surface area contributed by atoms with Crippen LogP contribution < -0.4 is 5.73 Å². The maximum atomic E-state index is 12.6. The van der Waals surface area contributed by atoms with Gasteiger partial charge in [-0.3, -0.25) is 15.4 Å². The van der Waals surface area contributed by atoms with Crippen LogP contribution in [0, 0.1) is 0 Å². The standard InChI is InChI=1S/C13H17Cl3N2O6S/c1-21-9(22-2)6-4-25-11-13(17,23-3)10(20)18(11)7(6)8(19)24-5-12(14,15)16/h9,11H,4-5,17H2,1-3H3/t11-,13-/m0/s1.